The van der Waals surface area contributed by atoms with Crippen LogP contribution in [-0.4, -0.2) is 19.7 Å². The molecule has 2 heteroatoms. The van der Waals surface area contributed by atoms with Gasteiger partial charge in [-0.3, -0.25) is 0 Å². The molecular formula is C19H31NO. The van der Waals surface area contributed by atoms with Crippen molar-refractivity contribution in [1.29, 1.82) is 0 Å². The molecule has 0 spiro atoms. The molecule has 0 radical (unpaired) electrons. The highest BCUT2D eigenvalue weighted by Gasteiger charge is 2.35. The fourth-order valence-electron chi connectivity index (χ4n) is 4.04. The van der Waals surface area contributed by atoms with Crippen LogP contribution in [0.2, 0.25) is 0 Å². The third-order valence-corrected chi connectivity index (χ3v) is 5.09. The monoisotopic (exact) mass is 289 g/mol. The Morgan fingerprint density at radius 3 is 2.48 bits per heavy atom. The Labute approximate surface area is 130 Å². The van der Waals surface area contributed by atoms with E-state index in [1.54, 1.807) is 0 Å². The summed E-state index contributed by atoms with van der Waals surface area (Å²) in [6.45, 7) is 5.20. The molecule has 4 unspecified atom stereocenters. The first kappa shape index (κ1) is 16.5. The molecule has 1 saturated carbocycles. The molecule has 0 aromatic heterocycles. The summed E-state index contributed by atoms with van der Waals surface area (Å²) in [7, 11) is 2.10. The molecule has 0 saturated heterocycles. The molecule has 0 aliphatic heterocycles. The van der Waals surface area contributed by atoms with Crippen molar-refractivity contribution in [2.24, 2.45) is 11.8 Å². The minimum Gasteiger partial charge on any atom is -0.372 e. The van der Waals surface area contributed by atoms with Gasteiger partial charge >= 0.3 is 0 Å². The summed E-state index contributed by atoms with van der Waals surface area (Å²) in [6, 6.07) is 11.1. The molecular weight excluding hydrogens is 258 g/mol. The summed E-state index contributed by atoms with van der Waals surface area (Å²) >= 11 is 0. The Morgan fingerprint density at radius 1 is 1.14 bits per heavy atom. The number of hydrogen-bond donors (Lipinski definition) is 1. The molecule has 0 bridgehead atoms. The minimum absolute atomic E-state index is 0.165. The Kier molecular flexibility index (Phi) is 6.72. The van der Waals surface area contributed by atoms with Crippen LogP contribution in [0.3, 0.4) is 0 Å². The molecule has 1 aliphatic rings. The molecule has 1 aromatic rings. The molecule has 0 heterocycles. The molecule has 118 valence electrons. The lowest BCUT2D eigenvalue weighted by Gasteiger charge is -2.40. The van der Waals surface area contributed by atoms with E-state index in [1.807, 2.05) is 0 Å². The van der Waals surface area contributed by atoms with Gasteiger partial charge in [0.2, 0.25) is 0 Å². The van der Waals surface area contributed by atoms with Crippen LogP contribution in [-0.2, 0) is 4.74 Å². The maximum atomic E-state index is 6.16. The second-order valence-corrected chi connectivity index (χ2v) is 6.22. The molecule has 1 N–H and O–H groups in total. The highest BCUT2D eigenvalue weighted by molar-refractivity contribution is 5.20. The van der Waals surface area contributed by atoms with E-state index in [4.69, 9.17) is 4.74 Å². The van der Waals surface area contributed by atoms with Gasteiger partial charge in [0.15, 0.2) is 0 Å². The third-order valence-electron chi connectivity index (χ3n) is 5.09. The summed E-state index contributed by atoms with van der Waals surface area (Å²) in [5, 5.41) is 3.59. The van der Waals surface area contributed by atoms with Crippen molar-refractivity contribution in [2.75, 3.05) is 13.7 Å². The van der Waals surface area contributed by atoms with Crippen molar-refractivity contribution >= 4 is 0 Å². The van der Waals surface area contributed by atoms with E-state index in [2.05, 4.69) is 56.5 Å². The van der Waals surface area contributed by atoms with Gasteiger partial charge in [0.25, 0.3) is 0 Å². The standard InChI is InChI=1S/C19H31NO/c1-4-15-11-9-10-14-17(15)18(20-3)19(21-5-2)16-12-7-6-8-13-16/h6-8,12-13,15,17-20H,4-5,9-11,14H2,1-3H3. The number of nitrogens with one attached hydrogen (secondary N) is 1. The fourth-order valence-corrected chi connectivity index (χ4v) is 4.04. The zero-order valence-corrected chi connectivity index (χ0v) is 13.8. The van der Waals surface area contributed by atoms with Crippen molar-refractivity contribution in [3.8, 4) is 0 Å². The summed E-state index contributed by atoms with van der Waals surface area (Å²) in [4.78, 5) is 0. The van der Waals surface area contributed by atoms with E-state index < -0.39 is 0 Å². The van der Waals surface area contributed by atoms with Gasteiger partial charge in [0.1, 0.15) is 0 Å². The quantitative estimate of drug-likeness (QED) is 0.794. The molecule has 1 fully saturated rings. The number of ether oxygens (including phenoxy) is 1. The zero-order valence-electron chi connectivity index (χ0n) is 13.8. The van der Waals surface area contributed by atoms with Crippen molar-refractivity contribution in [3.05, 3.63) is 35.9 Å². The molecule has 2 nitrogen and oxygen atoms in total. The van der Waals surface area contributed by atoms with Gasteiger partial charge in [-0.2, -0.15) is 0 Å². The van der Waals surface area contributed by atoms with Crippen LogP contribution in [0.5, 0.6) is 0 Å². The Morgan fingerprint density at radius 2 is 1.86 bits per heavy atom. The average molecular weight is 289 g/mol. The van der Waals surface area contributed by atoms with Crippen LogP contribution in [0.25, 0.3) is 0 Å². The van der Waals surface area contributed by atoms with E-state index >= 15 is 0 Å². The number of benzene rings is 1. The average Bonchev–Trinajstić information content (AvgIpc) is 2.56. The SMILES string of the molecule is CCOC(c1ccccc1)C(NC)C1CCCCC1CC. The summed E-state index contributed by atoms with van der Waals surface area (Å²) in [5.74, 6) is 1.56. The van der Waals surface area contributed by atoms with Crippen molar-refractivity contribution in [2.45, 2.75) is 58.1 Å². The van der Waals surface area contributed by atoms with E-state index in [0.717, 1.165) is 18.4 Å². The maximum absolute atomic E-state index is 6.16. The first-order valence-corrected chi connectivity index (χ1v) is 8.65. The molecule has 2 rings (SSSR count). The van der Waals surface area contributed by atoms with Crippen molar-refractivity contribution in [3.63, 3.8) is 0 Å². The zero-order chi connectivity index (χ0) is 15.1. The summed E-state index contributed by atoms with van der Waals surface area (Å²) in [5.41, 5.74) is 1.30. The van der Waals surface area contributed by atoms with Crippen LogP contribution in [0, 0.1) is 11.8 Å². The molecule has 21 heavy (non-hydrogen) atoms. The topological polar surface area (TPSA) is 21.3 Å². The predicted octanol–water partition coefficient (Wildman–Crippen LogP) is 4.57. The summed E-state index contributed by atoms with van der Waals surface area (Å²) < 4.78 is 6.16. The second-order valence-electron chi connectivity index (χ2n) is 6.22. The van der Waals surface area contributed by atoms with Crippen LogP contribution < -0.4 is 5.32 Å². The lowest BCUT2D eigenvalue weighted by atomic mass is 9.72. The second kappa shape index (κ2) is 8.55. The number of likely N-dealkylation sites (N-methyl/N-ethyl adjacent to an activating group) is 1. The highest BCUT2D eigenvalue weighted by atomic mass is 16.5. The summed E-state index contributed by atoms with van der Waals surface area (Å²) in [6.07, 6.45) is 6.94. The predicted molar refractivity (Wildman–Crippen MR) is 89.4 cm³/mol. The van der Waals surface area contributed by atoms with Crippen LogP contribution in [0.15, 0.2) is 30.3 Å². The number of rotatable bonds is 7. The lowest BCUT2D eigenvalue weighted by Crippen LogP contribution is -2.44. The Balaban J connectivity index is 2.22. The van der Waals surface area contributed by atoms with Gasteiger partial charge in [-0.1, -0.05) is 62.9 Å². The van der Waals surface area contributed by atoms with E-state index in [-0.39, 0.29) is 6.10 Å². The lowest BCUT2D eigenvalue weighted by molar-refractivity contribution is -0.000152. The van der Waals surface area contributed by atoms with E-state index in [0.29, 0.717) is 6.04 Å². The molecule has 4 atom stereocenters. The smallest absolute Gasteiger partial charge is 0.0980 e. The van der Waals surface area contributed by atoms with E-state index in [9.17, 15) is 0 Å². The molecule has 1 aromatic carbocycles. The Hall–Kier alpha value is -0.860. The van der Waals surface area contributed by atoms with Crippen LogP contribution >= 0.6 is 0 Å². The normalized spacial score (nSPS) is 25.5. The van der Waals surface area contributed by atoms with E-state index in [1.165, 1.54) is 37.7 Å². The third kappa shape index (κ3) is 4.08. The van der Waals surface area contributed by atoms with Gasteiger partial charge in [-0.05, 0) is 37.8 Å². The maximum Gasteiger partial charge on any atom is 0.0980 e. The molecule has 1 aliphatic carbocycles. The largest absolute Gasteiger partial charge is 0.372 e. The van der Waals surface area contributed by atoms with Gasteiger partial charge in [-0.15, -0.1) is 0 Å². The van der Waals surface area contributed by atoms with Crippen molar-refractivity contribution in [1.82, 2.24) is 5.32 Å². The first-order valence-electron chi connectivity index (χ1n) is 8.65. The van der Waals surface area contributed by atoms with Gasteiger partial charge < -0.3 is 10.1 Å². The van der Waals surface area contributed by atoms with Gasteiger partial charge in [0, 0.05) is 12.6 Å². The van der Waals surface area contributed by atoms with Crippen molar-refractivity contribution < 1.29 is 4.74 Å². The Bertz CT molecular complexity index is 392. The number of hydrogen-bond acceptors (Lipinski definition) is 2. The first-order chi connectivity index (χ1) is 10.3. The molecule has 0 amide bonds. The van der Waals surface area contributed by atoms with Gasteiger partial charge in [-0.25, -0.2) is 0 Å². The minimum atomic E-state index is 0.165. The van der Waals surface area contributed by atoms with Crippen LogP contribution in [0.4, 0.5) is 0 Å². The van der Waals surface area contributed by atoms with Crippen LogP contribution in [0.1, 0.15) is 57.6 Å². The fraction of sp³-hybridized carbons (Fsp3) is 0.684. The highest BCUT2D eigenvalue weighted by Crippen LogP contribution is 2.39. The van der Waals surface area contributed by atoms with Gasteiger partial charge in [0.05, 0.1) is 6.10 Å².